The van der Waals surface area contributed by atoms with Crippen LogP contribution >= 0.6 is 15.9 Å². The number of aryl methyl sites for hydroxylation is 3. The second-order valence-electron chi connectivity index (χ2n) is 5.56. The van der Waals surface area contributed by atoms with E-state index in [4.69, 9.17) is 0 Å². The molecule has 0 spiro atoms. The van der Waals surface area contributed by atoms with E-state index < -0.39 is 0 Å². The minimum absolute atomic E-state index is 0.229. The van der Waals surface area contributed by atoms with Crippen molar-refractivity contribution in [3.8, 4) is 0 Å². The molecule has 2 aromatic rings. The number of rotatable bonds is 4. The monoisotopic (exact) mass is 374 g/mol. The molecule has 0 aromatic heterocycles. The first-order valence-corrected chi connectivity index (χ1v) is 8.07. The van der Waals surface area contributed by atoms with Gasteiger partial charge in [-0.1, -0.05) is 12.1 Å². The number of hydrogen-bond donors (Lipinski definition) is 2. The second kappa shape index (κ2) is 7.42. The smallest absolute Gasteiger partial charge is 0.233 e. The Morgan fingerprint density at radius 2 is 1.61 bits per heavy atom. The van der Waals surface area contributed by atoms with Crippen molar-refractivity contribution >= 4 is 39.1 Å². The van der Waals surface area contributed by atoms with Gasteiger partial charge in [0.1, 0.15) is 6.42 Å². The molecule has 2 amide bonds. The third kappa shape index (κ3) is 4.93. The van der Waals surface area contributed by atoms with Gasteiger partial charge in [-0.25, -0.2) is 0 Å². The maximum absolute atomic E-state index is 12.0. The van der Waals surface area contributed by atoms with Crippen LogP contribution in [-0.2, 0) is 9.59 Å². The molecule has 23 heavy (non-hydrogen) atoms. The summed E-state index contributed by atoms with van der Waals surface area (Å²) < 4.78 is 0.792. The van der Waals surface area contributed by atoms with Crippen molar-refractivity contribution in [2.75, 3.05) is 10.6 Å². The summed E-state index contributed by atoms with van der Waals surface area (Å²) in [5, 5.41) is 5.47. The van der Waals surface area contributed by atoms with Gasteiger partial charge in [-0.2, -0.15) is 0 Å². The maximum Gasteiger partial charge on any atom is 0.233 e. The average Bonchev–Trinajstić information content (AvgIpc) is 2.46. The fourth-order valence-corrected chi connectivity index (χ4v) is 2.68. The Bertz CT molecular complexity index is 757. The van der Waals surface area contributed by atoms with E-state index in [1.165, 1.54) is 0 Å². The Morgan fingerprint density at radius 3 is 2.26 bits per heavy atom. The van der Waals surface area contributed by atoms with Crippen LogP contribution in [0.3, 0.4) is 0 Å². The molecule has 120 valence electrons. The van der Waals surface area contributed by atoms with Crippen molar-refractivity contribution in [3.63, 3.8) is 0 Å². The lowest BCUT2D eigenvalue weighted by Crippen LogP contribution is -2.21. The molecule has 4 nitrogen and oxygen atoms in total. The summed E-state index contributed by atoms with van der Waals surface area (Å²) in [6, 6.07) is 11.3. The molecule has 0 bridgehead atoms. The molecular formula is C18H19BrN2O2. The highest BCUT2D eigenvalue weighted by molar-refractivity contribution is 9.10. The summed E-state index contributed by atoms with van der Waals surface area (Å²) in [5.74, 6) is -0.690. The average molecular weight is 375 g/mol. The largest absolute Gasteiger partial charge is 0.326 e. The van der Waals surface area contributed by atoms with Gasteiger partial charge in [0, 0.05) is 10.2 Å². The van der Waals surface area contributed by atoms with E-state index in [0.717, 1.165) is 21.2 Å². The Morgan fingerprint density at radius 1 is 0.913 bits per heavy atom. The van der Waals surface area contributed by atoms with Gasteiger partial charge in [0.2, 0.25) is 11.8 Å². The molecule has 0 saturated carbocycles. The summed E-state index contributed by atoms with van der Waals surface area (Å²) in [4.78, 5) is 23.9. The zero-order valence-corrected chi connectivity index (χ0v) is 15.0. The Hall–Kier alpha value is -2.14. The van der Waals surface area contributed by atoms with E-state index in [1.54, 1.807) is 6.07 Å². The third-order valence-corrected chi connectivity index (χ3v) is 4.17. The second-order valence-corrected chi connectivity index (χ2v) is 6.41. The Kier molecular flexibility index (Phi) is 5.55. The first kappa shape index (κ1) is 17.2. The highest BCUT2D eigenvalue weighted by Gasteiger charge is 2.11. The maximum atomic E-state index is 12.0. The summed E-state index contributed by atoms with van der Waals surface area (Å²) in [6.45, 7) is 5.95. The van der Waals surface area contributed by atoms with Crippen LogP contribution in [0.5, 0.6) is 0 Å². The zero-order valence-electron chi connectivity index (χ0n) is 13.4. The third-order valence-electron chi connectivity index (χ3n) is 3.51. The van der Waals surface area contributed by atoms with Crippen molar-refractivity contribution in [2.45, 2.75) is 27.2 Å². The topological polar surface area (TPSA) is 58.2 Å². The van der Waals surface area contributed by atoms with Crippen LogP contribution in [0.4, 0.5) is 11.4 Å². The van der Waals surface area contributed by atoms with Gasteiger partial charge in [0.05, 0.1) is 5.69 Å². The molecule has 0 heterocycles. The minimum atomic E-state index is -0.351. The van der Waals surface area contributed by atoms with Crippen molar-refractivity contribution in [1.29, 1.82) is 0 Å². The minimum Gasteiger partial charge on any atom is -0.326 e. The molecule has 2 N–H and O–H groups in total. The summed E-state index contributed by atoms with van der Waals surface area (Å²) in [6.07, 6.45) is -0.229. The number of benzene rings is 2. The molecule has 0 unspecified atom stereocenters. The van der Waals surface area contributed by atoms with E-state index in [-0.39, 0.29) is 18.2 Å². The summed E-state index contributed by atoms with van der Waals surface area (Å²) in [5.41, 5.74) is 4.69. The van der Waals surface area contributed by atoms with Crippen LogP contribution in [0, 0.1) is 20.8 Å². The normalized spacial score (nSPS) is 10.3. The van der Waals surface area contributed by atoms with Gasteiger partial charge in [-0.05, 0) is 77.7 Å². The number of nitrogens with one attached hydrogen (secondary N) is 2. The van der Waals surface area contributed by atoms with Crippen LogP contribution in [0.25, 0.3) is 0 Å². The van der Waals surface area contributed by atoms with E-state index >= 15 is 0 Å². The van der Waals surface area contributed by atoms with Gasteiger partial charge in [-0.3, -0.25) is 9.59 Å². The lowest BCUT2D eigenvalue weighted by atomic mass is 10.1. The van der Waals surface area contributed by atoms with Crippen LogP contribution in [0.15, 0.2) is 40.9 Å². The molecule has 0 radical (unpaired) electrons. The lowest BCUT2D eigenvalue weighted by molar-refractivity contribution is -0.123. The number of hydrogen-bond acceptors (Lipinski definition) is 2. The fourth-order valence-electron chi connectivity index (χ4n) is 2.09. The van der Waals surface area contributed by atoms with Crippen molar-refractivity contribution in [1.82, 2.24) is 0 Å². The van der Waals surface area contributed by atoms with Gasteiger partial charge >= 0.3 is 0 Å². The van der Waals surface area contributed by atoms with E-state index in [1.807, 2.05) is 51.1 Å². The molecule has 5 heteroatoms. The highest BCUT2D eigenvalue weighted by Crippen LogP contribution is 2.23. The van der Waals surface area contributed by atoms with Gasteiger partial charge in [-0.15, -0.1) is 0 Å². The molecule has 0 aliphatic rings. The predicted octanol–water partition coefficient (Wildman–Crippen LogP) is 4.34. The van der Waals surface area contributed by atoms with Crippen molar-refractivity contribution < 1.29 is 9.59 Å². The van der Waals surface area contributed by atoms with Crippen molar-refractivity contribution in [3.05, 3.63) is 57.6 Å². The standard InChI is InChI=1S/C18H19BrN2O2/c1-11-4-7-16(15(19)8-11)21-18(23)10-17(22)20-14-6-5-12(2)13(3)9-14/h4-9H,10H2,1-3H3,(H,20,22)(H,21,23). The molecule has 0 aliphatic carbocycles. The number of halogens is 1. The van der Waals surface area contributed by atoms with Crippen LogP contribution < -0.4 is 10.6 Å². The summed E-state index contributed by atoms with van der Waals surface area (Å²) >= 11 is 3.40. The zero-order chi connectivity index (χ0) is 17.0. The summed E-state index contributed by atoms with van der Waals surface area (Å²) in [7, 11) is 0. The fraction of sp³-hybridized carbons (Fsp3) is 0.222. The number of carbonyl (C=O) groups excluding carboxylic acids is 2. The van der Waals surface area contributed by atoms with E-state index in [2.05, 4.69) is 26.6 Å². The Balaban J connectivity index is 1.94. The van der Waals surface area contributed by atoms with Crippen LogP contribution in [-0.4, -0.2) is 11.8 Å². The first-order chi connectivity index (χ1) is 10.8. The van der Waals surface area contributed by atoms with Gasteiger partial charge in [0.15, 0.2) is 0 Å². The highest BCUT2D eigenvalue weighted by atomic mass is 79.9. The van der Waals surface area contributed by atoms with E-state index in [0.29, 0.717) is 11.4 Å². The van der Waals surface area contributed by atoms with Gasteiger partial charge in [0.25, 0.3) is 0 Å². The van der Waals surface area contributed by atoms with Crippen LogP contribution in [0.2, 0.25) is 0 Å². The molecule has 2 rings (SSSR count). The SMILES string of the molecule is Cc1ccc(NC(=O)CC(=O)Nc2ccc(C)c(C)c2)c(Br)c1. The van der Waals surface area contributed by atoms with Crippen molar-refractivity contribution in [2.24, 2.45) is 0 Å². The number of carbonyl (C=O) groups is 2. The number of amides is 2. The van der Waals surface area contributed by atoms with Gasteiger partial charge < -0.3 is 10.6 Å². The number of anilines is 2. The predicted molar refractivity (Wildman–Crippen MR) is 96.7 cm³/mol. The molecular weight excluding hydrogens is 356 g/mol. The molecule has 0 aliphatic heterocycles. The molecule has 0 fully saturated rings. The first-order valence-electron chi connectivity index (χ1n) is 7.28. The lowest BCUT2D eigenvalue weighted by Gasteiger charge is -2.09. The van der Waals surface area contributed by atoms with E-state index in [9.17, 15) is 9.59 Å². The molecule has 2 aromatic carbocycles. The Labute approximate surface area is 144 Å². The van der Waals surface area contributed by atoms with Crippen LogP contribution in [0.1, 0.15) is 23.1 Å². The quantitative estimate of drug-likeness (QED) is 0.781. The molecule has 0 saturated heterocycles. The molecule has 0 atom stereocenters.